The zero-order chi connectivity index (χ0) is 16.8. The minimum absolute atomic E-state index is 0.386. The van der Waals surface area contributed by atoms with E-state index >= 15 is 0 Å². The summed E-state index contributed by atoms with van der Waals surface area (Å²) in [6, 6.07) is 3.97. The smallest absolute Gasteiger partial charge is 0.122 e. The summed E-state index contributed by atoms with van der Waals surface area (Å²) < 4.78 is 7.26. The molecule has 0 radical (unpaired) electrons. The first-order valence-electron chi connectivity index (χ1n) is 8.30. The minimum atomic E-state index is -0.386. The number of aliphatic hydroxyl groups is 1. The van der Waals surface area contributed by atoms with Crippen LogP contribution in [0, 0.1) is 0 Å². The summed E-state index contributed by atoms with van der Waals surface area (Å²) in [6.45, 7) is 5.25. The highest BCUT2D eigenvalue weighted by Gasteiger charge is 2.22. The maximum atomic E-state index is 10.4. The fourth-order valence-corrected chi connectivity index (χ4v) is 3.07. The zero-order valence-corrected chi connectivity index (χ0v) is 14.1. The number of pyridine rings is 1. The lowest BCUT2D eigenvalue weighted by Crippen LogP contribution is -2.33. The van der Waals surface area contributed by atoms with Gasteiger partial charge in [-0.25, -0.2) is 4.98 Å². The van der Waals surface area contributed by atoms with Crippen molar-refractivity contribution in [2.75, 3.05) is 44.8 Å². The molecule has 0 aliphatic carbocycles. The number of hydrogen-bond donors (Lipinski definition) is 1. The van der Waals surface area contributed by atoms with E-state index in [1.165, 1.54) is 0 Å². The normalized spacial score (nSPS) is 19.4. The van der Waals surface area contributed by atoms with Gasteiger partial charge in [-0.15, -0.1) is 0 Å². The van der Waals surface area contributed by atoms with Gasteiger partial charge in [-0.3, -0.25) is 9.88 Å². The Morgan fingerprint density at radius 2 is 2.04 bits per heavy atom. The molecule has 24 heavy (non-hydrogen) atoms. The standard InChI is InChI=1S/C17H25N5O2/c1-24-11-10-21-7-6-19-17(21)14-20-8-9-22(13-16(23)12-20)15-2-4-18-5-3-15/h2-7,16,23H,8-14H2,1H3/t16-/m0/s1. The predicted octanol–water partition coefficient (Wildman–Crippen LogP) is 0.608. The van der Waals surface area contributed by atoms with E-state index in [1.807, 2.05) is 24.5 Å². The average Bonchev–Trinajstić information content (AvgIpc) is 2.95. The molecule has 7 heteroatoms. The van der Waals surface area contributed by atoms with Gasteiger partial charge in [-0.05, 0) is 12.1 Å². The lowest BCUT2D eigenvalue weighted by Gasteiger charge is -2.23. The topological polar surface area (TPSA) is 66.7 Å². The van der Waals surface area contributed by atoms with Crippen LogP contribution in [0.5, 0.6) is 0 Å². The van der Waals surface area contributed by atoms with Gasteiger partial charge in [0.2, 0.25) is 0 Å². The van der Waals surface area contributed by atoms with Gasteiger partial charge in [0.25, 0.3) is 0 Å². The van der Waals surface area contributed by atoms with Gasteiger partial charge in [0.1, 0.15) is 5.82 Å². The van der Waals surface area contributed by atoms with E-state index in [0.717, 1.165) is 37.7 Å². The quantitative estimate of drug-likeness (QED) is 0.836. The Morgan fingerprint density at radius 1 is 1.21 bits per heavy atom. The van der Waals surface area contributed by atoms with E-state index < -0.39 is 0 Å². The van der Waals surface area contributed by atoms with Crippen molar-refractivity contribution < 1.29 is 9.84 Å². The summed E-state index contributed by atoms with van der Waals surface area (Å²) >= 11 is 0. The van der Waals surface area contributed by atoms with Crippen LogP contribution in [-0.4, -0.2) is 70.5 Å². The lowest BCUT2D eigenvalue weighted by molar-refractivity contribution is 0.126. The van der Waals surface area contributed by atoms with Crippen molar-refractivity contribution in [2.24, 2.45) is 0 Å². The molecule has 1 aliphatic rings. The van der Waals surface area contributed by atoms with Crippen molar-refractivity contribution in [3.8, 4) is 0 Å². The van der Waals surface area contributed by atoms with Crippen molar-refractivity contribution in [1.29, 1.82) is 0 Å². The monoisotopic (exact) mass is 331 g/mol. The van der Waals surface area contributed by atoms with Crippen molar-refractivity contribution in [3.05, 3.63) is 42.7 Å². The SMILES string of the molecule is COCCn1ccnc1CN1CCN(c2ccncc2)C[C@@H](O)C1. The molecule has 0 saturated carbocycles. The zero-order valence-electron chi connectivity index (χ0n) is 14.1. The molecule has 2 aromatic rings. The number of rotatable bonds is 6. The van der Waals surface area contributed by atoms with Crippen LogP contribution in [0.1, 0.15) is 5.82 Å². The number of methoxy groups -OCH3 is 1. The predicted molar refractivity (Wildman–Crippen MR) is 91.8 cm³/mol. The van der Waals surface area contributed by atoms with Crippen molar-refractivity contribution in [2.45, 2.75) is 19.2 Å². The highest BCUT2D eigenvalue weighted by atomic mass is 16.5. The molecule has 2 aromatic heterocycles. The van der Waals surface area contributed by atoms with E-state index in [4.69, 9.17) is 4.74 Å². The molecule has 0 amide bonds. The fourth-order valence-electron chi connectivity index (χ4n) is 3.07. The number of imidazole rings is 1. The Morgan fingerprint density at radius 3 is 2.83 bits per heavy atom. The average molecular weight is 331 g/mol. The van der Waals surface area contributed by atoms with Gasteiger partial charge < -0.3 is 19.3 Å². The number of aliphatic hydroxyl groups excluding tert-OH is 1. The fraction of sp³-hybridized carbons (Fsp3) is 0.529. The molecular weight excluding hydrogens is 306 g/mol. The van der Waals surface area contributed by atoms with Gasteiger partial charge in [0.15, 0.2) is 0 Å². The van der Waals surface area contributed by atoms with Gasteiger partial charge in [-0.2, -0.15) is 0 Å². The Labute approximate surface area is 142 Å². The Kier molecular flexibility index (Phi) is 5.79. The molecular formula is C17H25N5O2. The van der Waals surface area contributed by atoms with E-state index in [0.29, 0.717) is 19.7 Å². The summed E-state index contributed by atoms with van der Waals surface area (Å²) in [7, 11) is 1.70. The van der Waals surface area contributed by atoms with Crippen LogP contribution in [-0.2, 0) is 17.8 Å². The third-order valence-electron chi connectivity index (χ3n) is 4.32. The van der Waals surface area contributed by atoms with Gasteiger partial charge in [0.05, 0.1) is 19.3 Å². The second kappa shape index (κ2) is 8.23. The molecule has 0 aromatic carbocycles. The molecule has 0 bridgehead atoms. The van der Waals surface area contributed by atoms with E-state index in [-0.39, 0.29) is 6.10 Å². The lowest BCUT2D eigenvalue weighted by atomic mass is 10.3. The molecule has 3 heterocycles. The molecule has 1 atom stereocenters. The van der Waals surface area contributed by atoms with Crippen LogP contribution >= 0.6 is 0 Å². The van der Waals surface area contributed by atoms with Crippen LogP contribution in [0.15, 0.2) is 36.9 Å². The highest BCUT2D eigenvalue weighted by Crippen LogP contribution is 2.16. The highest BCUT2D eigenvalue weighted by molar-refractivity contribution is 5.44. The van der Waals surface area contributed by atoms with E-state index in [2.05, 4.69) is 24.3 Å². The maximum absolute atomic E-state index is 10.4. The summed E-state index contributed by atoms with van der Waals surface area (Å²) in [4.78, 5) is 13.0. The first-order valence-corrected chi connectivity index (χ1v) is 8.30. The molecule has 1 N–H and O–H groups in total. The number of aromatic nitrogens is 3. The second-order valence-corrected chi connectivity index (χ2v) is 6.07. The third kappa shape index (κ3) is 4.31. The molecule has 1 saturated heterocycles. The van der Waals surface area contributed by atoms with Crippen LogP contribution in [0.2, 0.25) is 0 Å². The summed E-state index contributed by atoms with van der Waals surface area (Å²) in [6.07, 6.45) is 6.99. The second-order valence-electron chi connectivity index (χ2n) is 6.07. The number of nitrogens with zero attached hydrogens (tertiary/aromatic N) is 5. The van der Waals surface area contributed by atoms with Crippen molar-refractivity contribution in [3.63, 3.8) is 0 Å². The molecule has 0 unspecified atom stereocenters. The first kappa shape index (κ1) is 16.9. The number of anilines is 1. The summed E-state index contributed by atoms with van der Waals surface area (Å²) in [5, 5.41) is 10.4. The molecule has 0 spiro atoms. The van der Waals surface area contributed by atoms with E-state index in [1.54, 1.807) is 19.5 Å². The van der Waals surface area contributed by atoms with Crippen molar-refractivity contribution in [1.82, 2.24) is 19.4 Å². The number of hydrogen-bond acceptors (Lipinski definition) is 6. The van der Waals surface area contributed by atoms with Gasteiger partial charge >= 0.3 is 0 Å². The Hall–Kier alpha value is -1.96. The molecule has 7 nitrogen and oxygen atoms in total. The summed E-state index contributed by atoms with van der Waals surface area (Å²) in [5.41, 5.74) is 1.10. The minimum Gasteiger partial charge on any atom is -0.390 e. The molecule has 1 aliphatic heterocycles. The van der Waals surface area contributed by atoms with Crippen LogP contribution in [0.3, 0.4) is 0 Å². The third-order valence-corrected chi connectivity index (χ3v) is 4.32. The number of ether oxygens (including phenoxy) is 1. The van der Waals surface area contributed by atoms with Gasteiger partial charge in [-0.1, -0.05) is 0 Å². The van der Waals surface area contributed by atoms with Crippen LogP contribution in [0.4, 0.5) is 5.69 Å². The maximum Gasteiger partial charge on any atom is 0.122 e. The van der Waals surface area contributed by atoms with Gasteiger partial charge in [0, 0.05) is 70.3 Å². The molecule has 1 fully saturated rings. The van der Waals surface area contributed by atoms with Crippen LogP contribution < -0.4 is 4.90 Å². The first-order chi connectivity index (χ1) is 11.8. The van der Waals surface area contributed by atoms with Crippen LogP contribution in [0.25, 0.3) is 0 Å². The Balaban J connectivity index is 1.63. The largest absolute Gasteiger partial charge is 0.390 e. The summed E-state index contributed by atoms with van der Waals surface area (Å²) in [5.74, 6) is 1.01. The van der Waals surface area contributed by atoms with Crippen molar-refractivity contribution >= 4 is 5.69 Å². The molecule has 3 rings (SSSR count). The molecule has 130 valence electrons. The van der Waals surface area contributed by atoms with E-state index in [9.17, 15) is 5.11 Å². The Bertz CT molecular complexity index is 618. The number of β-amino-alcohol motifs (C(OH)–C–C–N with tert-alkyl or cyclic N) is 1.